The van der Waals surface area contributed by atoms with Crippen molar-refractivity contribution in [2.24, 2.45) is 11.7 Å². The second-order valence-corrected chi connectivity index (χ2v) is 7.01. The lowest BCUT2D eigenvalue weighted by Gasteiger charge is -2.18. The number of primary amides is 1. The Morgan fingerprint density at radius 3 is 2.47 bits per heavy atom. The molecule has 6 heteroatoms. The predicted octanol–water partition coefficient (Wildman–Crippen LogP) is 0.792. The second kappa shape index (κ2) is 5.21. The highest BCUT2D eigenvalue weighted by Gasteiger charge is 2.26. The van der Waals surface area contributed by atoms with E-state index in [0.29, 0.717) is 11.4 Å². The Labute approximate surface area is 113 Å². The van der Waals surface area contributed by atoms with Gasteiger partial charge in [-0.15, -0.1) is 0 Å². The van der Waals surface area contributed by atoms with E-state index in [-0.39, 0.29) is 17.6 Å². The van der Waals surface area contributed by atoms with Crippen molar-refractivity contribution in [1.82, 2.24) is 0 Å². The molecule has 104 valence electrons. The zero-order chi connectivity index (χ0) is 14.0. The lowest BCUT2D eigenvalue weighted by molar-refractivity contribution is -0.121. The fourth-order valence-corrected chi connectivity index (χ4v) is 3.14. The molecule has 2 N–H and O–H groups in total. The number of nitrogens with two attached hydrogens (primary N) is 1. The number of hydrogen-bond donors (Lipinski definition) is 1. The SMILES string of the molecule is CCS(=O)(=O)c1ccc(N2CC[C@H](C(N)=O)C2)cc1. The van der Waals surface area contributed by atoms with E-state index in [9.17, 15) is 13.2 Å². The molecular weight excluding hydrogens is 264 g/mol. The van der Waals surface area contributed by atoms with Crippen molar-refractivity contribution in [2.45, 2.75) is 18.2 Å². The third-order valence-electron chi connectivity index (χ3n) is 3.53. The Hall–Kier alpha value is -1.56. The first kappa shape index (κ1) is 13.9. The summed E-state index contributed by atoms with van der Waals surface area (Å²) < 4.78 is 23.4. The van der Waals surface area contributed by atoms with Crippen molar-refractivity contribution in [3.63, 3.8) is 0 Å². The number of benzene rings is 1. The fraction of sp³-hybridized carbons (Fsp3) is 0.462. The zero-order valence-electron chi connectivity index (χ0n) is 10.9. The molecule has 0 radical (unpaired) electrons. The van der Waals surface area contributed by atoms with Crippen LogP contribution in [0.25, 0.3) is 0 Å². The molecule has 1 amide bonds. The van der Waals surface area contributed by atoms with Crippen LogP contribution in [-0.2, 0) is 14.6 Å². The van der Waals surface area contributed by atoms with E-state index in [1.54, 1.807) is 31.2 Å². The Morgan fingerprint density at radius 2 is 2.00 bits per heavy atom. The van der Waals surface area contributed by atoms with Gasteiger partial charge in [-0.25, -0.2) is 8.42 Å². The van der Waals surface area contributed by atoms with Crippen molar-refractivity contribution in [1.29, 1.82) is 0 Å². The van der Waals surface area contributed by atoms with E-state index in [1.807, 2.05) is 0 Å². The molecule has 0 saturated carbocycles. The van der Waals surface area contributed by atoms with Gasteiger partial charge in [0.2, 0.25) is 5.91 Å². The van der Waals surface area contributed by atoms with Gasteiger partial charge in [-0.2, -0.15) is 0 Å². The summed E-state index contributed by atoms with van der Waals surface area (Å²) in [5.41, 5.74) is 6.22. The van der Waals surface area contributed by atoms with Gasteiger partial charge in [-0.05, 0) is 30.7 Å². The van der Waals surface area contributed by atoms with Crippen LogP contribution in [0.1, 0.15) is 13.3 Å². The van der Waals surface area contributed by atoms with Gasteiger partial charge < -0.3 is 10.6 Å². The van der Waals surface area contributed by atoms with Crippen LogP contribution >= 0.6 is 0 Å². The van der Waals surface area contributed by atoms with Gasteiger partial charge in [0.15, 0.2) is 9.84 Å². The first-order valence-electron chi connectivity index (χ1n) is 6.31. The highest BCUT2D eigenvalue weighted by atomic mass is 32.2. The zero-order valence-corrected chi connectivity index (χ0v) is 11.7. The first-order valence-corrected chi connectivity index (χ1v) is 7.96. The molecule has 5 nitrogen and oxygen atoms in total. The van der Waals surface area contributed by atoms with Crippen molar-refractivity contribution in [3.8, 4) is 0 Å². The molecule has 19 heavy (non-hydrogen) atoms. The number of amides is 1. The van der Waals surface area contributed by atoms with Crippen LogP contribution in [0.15, 0.2) is 29.2 Å². The van der Waals surface area contributed by atoms with E-state index < -0.39 is 9.84 Å². The minimum Gasteiger partial charge on any atom is -0.371 e. The molecule has 1 aliphatic rings. The third-order valence-corrected chi connectivity index (χ3v) is 5.28. The summed E-state index contributed by atoms with van der Waals surface area (Å²) in [5, 5.41) is 0. The smallest absolute Gasteiger partial charge is 0.222 e. The van der Waals surface area contributed by atoms with Crippen LogP contribution in [0.2, 0.25) is 0 Å². The monoisotopic (exact) mass is 282 g/mol. The molecule has 1 heterocycles. The highest BCUT2D eigenvalue weighted by Crippen LogP contribution is 2.25. The molecule has 1 aromatic rings. The maximum Gasteiger partial charge on any atom is 0.222 e. The van der Waals surface area contributed by atoms with E-state index in [0.717, 1.165) is 18.7 Å². The molecule has 0 bridgehead atoms. The van der Waals surface area contributed by atoms with Crippen LogP contribution in [0.3, 0.4) is 0 Å². The number of anilines is 1. The number of carbonyl (C=O) groups is 1. The van der Waals surface area contributed by atoms with Crippen molar-refractivity contribution >= 4 is 21.4 Å². The van der Waals surface area contributed by atoms with E-state index in [4.69, 9.17) is 5.73 Å². The van der Waals surface area contributed by atoms with Gasteiger partial charge in [0.05, 0.1) is 16.6 Å². The average molecular weight is 282 g/mol. The summed E-state index contributed by atoms with van der Waals surface area (Å²) in [5.74, 6) is -0.286. The van der Waals surface area contributed by atoms with Crippen LogP contribution in [-0.4, -0.2) is 33.2 Å². The van der Waals surface area contributed by atoms with Crippen LogP contribution in [0.5, 0.6) is 0 Å². The summed E-state index contributed by atoms with van der Waals surface area (Å²) in [6.45, 7) is 3.00. The molecule has 1 saturated heterocycles. The molecule has 1 aliphatic heterocycles. The topological polar surface area (TPSA) is 80.5 Å². The Kier molecular flexibility index (Phi) is 3.80. The molecule has 0 unspecified atom stereocenters. The maximum absolute atomic E-state index is 11.7. The molecule has 2 rings (SSSR count). The molecule has 1 aromatic carbocycles. The lowest BCUT2D eigenvalue weighted by Crippen LogP contribution is -2.27. The average Bonchev–Trinajstić information content (AvgIpc) is 2.88. The number of carbonyl (C=O) groups excluding carboxylic acids is 1. The third kappa shape index (κ3) is 2.89. The summed E-state index contributed by atoms with van der Waals surface area (Å²) in [6.07, 6.45) is 0.754. The summed E-state index contributed by atoms with van der Waals surface area (Å²) in [7, 11) is -3.16. The van der Waals surface area contributed by atoms with Gasteiger partial charge in [0, 0.05) is 18.8 Å². The molecule has 0 aromatic heterocycles. The lowest BCUT2D eigenvalue weighted by atomic mass is 10.1. The molecule has 0 aliphatic carbocycles. The van der Waals surface area contributed by atoms with E-state index >= 15 is 0 Å². The van der Waals surface area contributed by atoms with E-state index in [2.05, 4.69) is 4.90 Å². The number of nitrogens with zero attached hydrogens (tertiary/aromatic N) is 1. The minimum atomic E-state index is -3.16. The quantitative estimate of drug-likeness (QED) is 0.885. The number of sulfone groups is 1. The summed E-state index contributed by atoms with van der Waals surface area (Å²) in [4.78, 5) is 13.5. The van der Waals surface area contributed by atoms with Gasteiger partial charge >= 0.3 is 0 Å². The van der Waals surface area contributed by atoms with Gasteiger partial charge in [-0.1, -0.05) is 6.92 Å². The van der Waals surface area contributed by atoms with Crippen LogP contribution in [0, 0.1) is 5.92 Å². The number of hydrogen-bond acceptors (Lipinski definition) is 4. The Morgan fingerprint density at radius 1 is 1.37 bits per heavy atom. The van der Waals surface area contributed by atoms with Crippen LogP contribution < -0.4 is 10.6 Å². The summed E-state index contributed by atoms with van der Waals surface area (Å²) in [6, 6.07) is 6.80. The largest absolute Gasteiger partial charge is 0.371 e. The standard InChI is InChI=1S/C13H18N2O3S/c1-2-19(17,18)12-5-3-11(4-6-12)15-8-7-10(9-15)13(14)16/h3-6,10H,2,7-9H2,1H3,(H2,14,16)/t10-/m0/s1. The second-order valence-electron chi connectivity index (χ2n) is 4.73. The van der Waals surface area contributed by atoms with Crippen LogP contribution in [0.4, 0.5) is 5.69 Å². The normalized spacial score (nSPS) is 19.6. The van der Waals surface area contributed by atoms with Crippen molar-refractivity contribution < 1.29 is 13.2 Å². The molecule has 1 fully saturated rings. The minimum absolute atomic E-state index is 0.0970. The molecule has 1 atom stereocenters. The Bertz CT molecular complexity index is 566. The van der Waals surface area contributed by atoms with Gasteiger partial charge in [-0.3, -0.25) is 4.79 Å². The predicted molar refractivity (Wildman–Crippen MR) is 73.7 cm³/mol. The first-order chi connectivity index (χ1) is 8.94. The van der Waals surface area contributed by atoms with Crippen molar-refractivity contribution in [3.05, 3.63) is 24.3 Å². The van der Waals surface area contributed by atoms with Crippen molar-refractivity contribution in [2.75, 3.05) is 23.7 Å². The van der Waals surface area contributed by atoms with Gasteiger partial charge in [0.25, 0.3) is 0 Å². The van der Waals surface area contributed by atoms with Gasteiger partial charge in [0.1, 0.15) is 0 Å². The number of rotatable bonds is 4. The summed E-state index contributed by atoms with van der Waals surface area (Å²) >= 11 is 0. The molecule has 0 spiro atoms. The maximum atomic E-state index is 11.7. The Balaban J connectivity index is 2.14. The fourth-order valence-electron chi connectivity index (χ4n) is 2.26. The van der Waals surface area contributed by atoms with E-state index in [1.165, 1.54) is 0 Å². The highest BCUT2D eigenvalue weighted by molar-refractivity contribution is 7.91. The molecular formula is C13H18N2O3S.